The number of amides is 1. The molecule has 2 aromatic rings. The van der Waals surface area contributed by atoms with Crippen LogP contribution in [-0.4, -0.2) is 30.4 Å². The lowest BCUT2D eigenvalue weighted by Gasteiger charge is -2.10. The smallest absolute Gasteiger partial charge is 0.348 e. The summed E-state index contributed by atoms with van der Waals surface area (Å²) in [6, 6.07) is 2.97. The lowest BCUT2D eigenvalue weighted by atomic mass is 10.3. The van der Waals surface area contributed by atoms with E-state index in [2.05, 4.69) is 9.71 Å². The van der Waals surface area contributed by atoms with Gasteiger partial charge in [-0.1, -0.05) is 0 Å². The summed E-state index contributed by atoms with van der Waals surface area (Å²) in [4.78, 5) is 26.6. The molecule has 3 N–H and O–H groups in total. The standard InChI is InChI=1S/C13H16N4O4S2/c1-8-5-9(2)17(13(19)16-8)4-3-15-23(20,21)11-6-10(7-22-11)12(14)18/h5-7,15H,3-4H2,1-2H3,(H2,14,18). The van der Waals surface area contributed by atoms with E-state index < -0.39 is 21.6 Å². The first-order valence-corrected chi connectivity index (χ1v) is 9.00. The van der Waals surface area contributed by atoms with Gasteiger partial charge in [-0.15, -0.1) is 11.3 Å². The van der Waals surface area contributed by atoms with E-state index in [0.717, 1.165) is 11.3 Å². The van der Waals surface area contributed by atoms with Crippen LogP contribution in [0.3, 0.4) is 0 Å². The number of carbonyl (C=O) groups is 1. The van der Waals surface area contributed by atoms with Crippen molar-refractivity contribution in [3.8, 4) is 0 Å². The zero-order valence-electron chi connectivity index (χ0n) is 12.6. The van der Waals surface area contributed by atoms with Gasteiger partial charge < -0.3 is 5.73 Å². The van der Waals surface area contributed by atoms with Crippen LogP contribution in [-0.2, 0) is 16.6 Å². The summed E-state index contributed by atoms with van der Waals surface area (Å²) in [7, 11) is -3.75. The highest BCUT2D eigenvalue weighted by Crippen LogP contribution is 2.19. The molecule has 8 nitrogen and oxygen atoms in total. The molecule has 0 atom stereocenters. The fourth-order valence-electron chi connectivity index (χ4n) is 2.00. The maximum absolute atomic E-state index is 12.1. The quantitative estimate of drug-likeness (QED) is 0.754. The third-order valence-corrected chi connectivity index (χ3v) is 6.00. The number of aryl methyl sites for hydroxylation is 2. The molecule has 0 saturated heterocycles. The summed E-state index contributed by atoms with van der Waals surface area (Å²) in [5.74, 6) is -0.685. The molecule has 124 valence electrons. The molecule has 0 unspecified atom stereocenters. The minimum Gasteiger partial charge on any atom is -0.366 e. The molecular formula is C13H16N4O4S2. The first-order chi connectivity index (χ1) is 10.7. The van der Waals surface area contributed by atoms with Crippen LogP contribution < -0.4 is 16.1 Å². The Kier molecular flexibility index (Phi) is 4.97. The van der Waals surface area contributed by atoms with Gasteiger partial charge >= 0.3 is 5.69 Å². The van der Waals surface area contributed by atoms with Crippen molar-refractivity contribution in [2.45, 2.75) is 24.6 Å². The molecule has 0 spiro atoms. The van der Waals surface area contributed by atoms with Crippen molar-refractivity contribution >= 4 is 27.3 Å². The monoisotopic (exact) mass is 356 g/mol. The van der Waals surface area contributed by atoms with Crippen LogP contribution in [0.5, 0.6) is 0 Å². The second kappa shape index (κ2) is 6.60. The maximum atomic E-state index is 12.1. The number of nitrogens with zero attached hydrogens (tertiary/aromatic N) is 2. The van der Waals surface area contributed by atoms with Crippen molar-refractivity contribution in [1.82, 2.24) is 14.3 Å². The Morgan fingerprint density at radius 2 is 2.09 bits per heavy atom. The lowest BCUT2D eigenvalue weighted by Crippen LogP contribution is -2.32. The molecule has 23 heavy (non-hydrogen) atoms. The summed E-state index contributed by atoms with van der Waals surface area (Å²) in [6.45, 7) is 3.65. The molecule has 0 bridgehead atoms. The first kappa shape index (κ1) is 17.3. The molecule has 2 heterocycles. The largest absolute Gasteiger partial charge is 0.366 e. The molecule has 2 rings (SSSR count). The zero-order chi connectivity index (χ0) is 17.2. The minimum atomic E-state index is -3.75. The highest BCUT2D eigenvalue weighted by atomic mass is 32.2. The van der Waals surface area contributed by atoms with E-state index in [4.69, 9.17) is 5.73 Å². The van der Waals surface area contributed by atoms with Crippen molar-refractivity contribution in [3.05, 3.63) is 44.9 Å². The maximum Gasteiger partial charge on any atom is 0.348 e. The number of nitrogens with one attached hydrogen (secondary N) is 1. The average Bonchev–Trinajstić information content (AvgIpc) is 2.92. The van der Waals surface area contributed by atoms with E-state index in [1.165, 1.54) is 16.0 Å². The van der Waals surface area contributed by atoms with Crippen LogP contribution in [0.1, 0.15) is 21.7 Å². The molecule has 2 aromatic heterocycles. The summed E-state index contributed by atoms with van der Waals surface area (Å²) in [5, 5.41) is 1.38. The predicted octanol–water partition coefficient (Wildman–Crippen LogP) is -0.000960. The number of nitrogens with two attached hydrogens (primary N) is 1. The van der Waals surface area contributed by atoms with Gasteiger partial charge in [-0.3, -0.25) is 9.36 Å². The summed E-state index contributed by atoms with van der Waals surface area (Å²) < 4.78 is 28.0. The van der Waals surface area contributed by atoms with E-state index in [1.54, 1.807) is 19.9 Å². The number of hydrogen-bond acceptors (Lipinski definition) is 6. The SMILES string of the molecule is Cc1cc(C)n(CCNS(=O)(=O)c2cc(C(N)=O)cs2)c(=O)n1. The minimum absolute atomic E-state index is 0.00241. The molecule has 0 saturated carbocycles. The van der Waals surface area contributed by atoms with E-state index in [9.17, 15) is 18.0 Å². The van der Waals surface area contributed by atoms with Crippen molar-refractivity contribution in [1.29, 1.82) is 0 Å². The van der Waals surface area contributed by atoms with Crippen LogP contribution in [0.25, 0.3) is 0 Å². The van der Waals surface area contributed by atoms with Gasteiger partial charge in [-0.25, -0.2) is 17.9 Å². The normalized spacial score (nSPS) is 11.6. The lowest BCUT2D eigenvalue weighted by molar-refractivity contribution is 0.100. The van der Waals surface area contributed by atoms with Crippen molar-refractivity contribution in [3.63, 3.8) is 0 Å². The molecule has 0 aliphatic rings. The van der Waals surface area contributed by atoms with Crippen LogP contribution in [0.4, 0.5) is 0 Å². The Labute approximate surface area is 137 Å². The number of carbonyl (C=O) groups excluding carboxylic acids is 1. The van der Waals surface area contributed by atoms with Gasteiger partial charge in [-0.05, 0) is 26.0 Å². The van der Waals surface area contributed by atoms with Crippen LogP contribution in [0.2, 0.25) is 0 Å². The van der Waals surface area contributed by atoms with E-state index in [0.29, 0.717) is 11.4 Å². The Morgan fingerprint density at radius 1 is 1.39 bits per heavy atom. The summed E-state index contributed by atoms with van der Waals surface area (Å²) >= 11 is 0.907. The molecule has 0 aliphatic heterocycles. The number of sulfonamides is 1. The number of hydrogen-bond donors (Lipinski definition) is 2. The Hall–Kier alpha value is -2.04. The zero-order valence-corrected chi connectivity index (χ0v) is 14.2. The van der Waals surface area contributed by atoms with Gasteiger partial charge in [0.1, 0.15) is 4.21 Å². The van der Waals surface area contributed by atoms with Gasteiger partial charge in [0.15, 0.2) is 0 Å². The van der Waals surface area contributed by atoms with Crippen molar-refractivity contribution in [2.75, 3.05) is 6.54 Å². The fourth-order valence-corrected chi connectivity index (χ4v) is 4.23. The van der Waals surface area contributed by atoms with Crippen molar-refractivity contribution < 1.29 is 13.2 Å². The highest BCUT2D eigenvalue weighted by molar-refractivity contribution is 7.91. The van der Waals surface area contributed by atoms with E-state index >= 15 is 0 Å². The van der Waals surface area contributed by atoms with E-state index in [1.807, 2.05) is 0 Å². The van der Waals surface area contributed by atoms with Gasteiger partial charge in [0.25, 0.3) is 0 Å². The summed E-state index contributed by atoms with van der Waals surface area (Å²) in [6.07, 6.45) is 0. The molecule has 0 aromatic carbocycles. The number of thiophene rings is 1. The first-order valence-electron chi connectivity index (χ1n) is 6.64. The Balaban J connectivity index is 2.08. The number of primary amides is 1. The molecule has 0 radical (unpaired) electrons. The fraction of sp³-hybridized carbons (Fsp3) is 0.308. The van der Waals surface area contributed by atoms with Crippen molar-refractivity contribution in [2.24, 2.45) is 5.73 Å². The van der Waals surface area contributed by atoms with Crippen LogP contribution >= 0.6 is 11.3 Å². The topological polar surface area (TPSA) is 124 Å². The predicted molar refractivity (Wildman–Crippen MR) is 86.0 cm³/mol. The molecular weight excluding hydrogens is 340 g/mol. The Morgan fingerprint density at radius 3 is 2.65 bits per heavy atom. The average molecular weight is 356 g/mol. The third-order valence-electron chi connectivity index (χ3n) is 3.10. The second-order valence-corrected chi connectivity index (χ2v) is 7.79. The molecule has 10 heteroatoms. The summed E-state index contributed by atoms with van der Waals surface area (Å²) in [5.41, 5.74) is 6.14. The van der Waals surface area contributed by atoms with E-state index in [-0.39, 0.29) is 22.9 Å². The molecule has 0 fully saturated rings. The van der Waals surface area contributed by atoms with Gasteiger partial charge in [-0.2, -0.15) is 4.98 Å². The highest BCUT2D eigenvalue weighted by Gasteiger charge is 2.18. The third kappa shape index (κ3) is 4.03. The van der Waals surface area contributed by atoms with Gasteiger partial charge in [0.2, 0.25) is 15.9 Å². The number of aromatic nitrogens is 2. The van der Waals surface area contributed by atoms with Crippen LogP contribution in [0.15, 0.2) is 26.5 Å². The van der Waals surface area contributed by atoms with Gasteiger partial charge in [0, 0.05) is 29.9 Å². The van der Waals surface area contributed by atoms with Crippen LogP contribution in [0, 0.1) is 13.8 Å². The van der Waals surface area contributed by atoms with Gasteiger partial charge in [0.05, 0.1) is 5.56 Å². The molecule has 0 aliphatic carbocycles. The second-order valence-electron chi connectivity index (χ2n) is 4.89. The molecule has 1 amide bonds. The number of rotatable bonds is 6. The Bertz CT molecular complexity index is 899.